The first kappa shape index (κ1) is 18.1. The summed E-state index contributed by atoms with van der Waals surface area (Å²) >= 11 is 0. The molecule has 0 spiro atoms. The number of rotatable bonds is 5. The summed E-state index contributed by atoms with van der Waals surface area (Å²) in [6, 6.07) is 10.6. The molecule has 0 unspecified atom stereocenters. The fourth-order valence-corrected chi connectivity index (χ4v) is 4.52. The Morgan fingerprint density at radius 3 is 2.97 bits per heavy atom. The van der Waals surface area contributed by atoms with Gasteiger partial charge in [-0.1, -0.05) is 23.4 Å². The number of benzene rings is 1. The highest BCUT2D eigenvalue weighted by molar-refractivity contribution is 5.82. The van der Waals surface area contributed by atoms with Gasteiger partial charge in [0.2, 0.25) is 0 Å². The van der Waals surface area contributed by atoms with Crippen LogP contribution in [0.5, 0.6) is 0 Å². The van der Waals surface area contributed by atoms with Crippen LogP contribution in [0.15, 0.2) is 47.4 Å². The SMILES string of the molecule is Cc1noc(C)c1-c1cc(C[C@H]2CCN(Cc3c[nH]c4ccccc34)C2)ncn1. The van der Waals surface area contributed by atoms with Crippen LogP contribution in [-0.2, 0) is 13.0 Å². The van der Waals surface area contributed by atoms with E-state index >= 15 is 0 Å². The third kappa shape index (κ3) is 3.56. The van der Waals surface area contributed by atoms with Gasteiger partial charge in [0.1, 0.15) is 12.1 Å². The second-order valence-corrected chi connectivity index (χ2v) is 8.05. The van der Waals surface area contributed by atoms with Crippen molar-refractivity contribution in [3.63, 3.8) is 0 Å². The van der Waals surface area contributed by atoms with Crippen LogP contribution in [0.25, 0.3) is 22.2 Å². The molecule has 1 aliphatic rings. The van der Waals surface area contributed by atoms with Crippen molar-refractivity contribution in [3.8, 4) is 11.3 Å². The molecule has 6 nitrogen and oxygen atoms in total. The number of nitrogens with zero attached hydrogens (tertiary/aromatic N) is 4. The van der Waals surface area contributed by atoms with Crippen molar-refractivity contribution >= 4 is 10.9 Å². The molecule has 29 heavy (non-hydrogen) atoms. The van der Waals surface area contributed by atoms with E-state index in [1.54, 1.807) is 6.33 Å². The number of aryl methyl sites for hydroxylation is 2. The summed E-state index contributed by atoms with van der Waals surface area (Å²) in [4.78, 5) is 14.9. The summed E-state index contributed by atoms with van der Waals surface area (Å²) in [6.45, 7) is 7.11. The van der Waals surface area contributed by atoms with Crippen molar-refractivity contribution in [1.82, 2.24) is 25.0 Å². The van der Waals surface area contributed by atoms with Gasteiger partial charge in [0.25, 0.3) is 0 Å². The van der Waals surface area contributed by atoms with E-state index < -0.39 is 0 Å². The lowest BCUT2D eigenvalue weighted by molar-refractivity contribution is 0.317. The molecule has 1 fully saturated rings. The first-order valence-corrected chi connectivity index (χ1v) is 10.2. The summed E-state index contributed by atoms with van der Waals surface area (Å²) in [5, 5.41) is 5.38. The fourth-order valence-electron chi connectivity index (χ4n) is 4.52. The van der Waals surface area contributed by atoms with Gasteiger partial charge >= 0.3 is 0 Å². The molecule has 1 aromatic carbocycles. The van der Waals surface area contributed by atoms with Crippen LogP contribution >= 0.6 is 0 Å². The zero-order valence-electron chi connectivity index (χ0n) is 16.9. The number of hydrogen-bond donors (Lipinski definition) is 1. The summed E-state index contributed by atoms with van der Waals surface area (Å²) < 4.78 is 5.30. The molecular weight excluding hydrogens is 362 g/mol. The quantitative estimate of drug-likeness (QED) is 0.553. The average molecular weight is 387 g/mol. The first-order valence-electron chi connectivity index (χ1n) is 10.2. The molecule has 1 saturated heterocycles. The molecule has 4 heterocycles. The van der Waals surface area contributed by atoms with Gasteiger partial charge in [-0.2, -0.15) is 0 Å². The highest BCUT2D eigenvalue weighted by Crippen LogP contribution is 2.28. The van der Waals surface area contributed by atoms with Crippen molar-refractivity contribution in [3.05, 3.63) is 65.6 Å². The molecule has 3 aromatic heterocycles. The molecule has 1 N–H and O–H groups in total. The predicted molar refractivity (Wildman–Crippen MR) is 112 cm³/mol. The Kier molecular flexibility index (Phi) is 4.64. The van der Waals surface area contributed by atoms with Crippen LogP contribution in [0.4, 0.5) is 0 Å². The van der Waals surface area contributed by atoms with E-state index in [2.05, 4.69) is 61.5 Å². The monoisotopic (exact) mass is 387 g/mol. The summed E-state index contributed by atoms with van der Waals surface area (Å²) in [6.07, 6.45) is 5.99. The van der Waals surface area contributed by atoms with Gasteiger partial charge in [-0.3, -0.25) is 4.90 Å². The number of fused-ring (bicyclic) bond motifs is 1. The molecule has 0 saturated carbocycles. The Labute approximate surface area is 170 Å². The number of nitrogens with one attached hydrogen (secondary N) is 1. The smallest absolute Gasteiger partial charge is 0.143 e. The second kappa shape index (κ2) is 7.44. The van der Waals surface area contributed by atoms with E-state index in [-0.39, 0.29) is 0 Å². The highest BCUT2D eigenvalue weighted by Gasteiger charge is 2.24. The van der Waals surface area contributed by atoms with Gasteiger partial charge in [0, 0.05) is 35.9 Å². The summed E-state index contributed by atoms with van der Waals surface area (Å²) in [5.74, 6) is 1.42. The minimum absolute atomic E-state index is 0.618. The maximum absolute atomic E-state index is 5.30. The van der Waals surface area contributed by atoms with Crippen LogP contribution in [-0.4, -0.2) is 38.1 Å². The van der Waals surface area contributed by atoms with Gasteiger partial charge in [-0.05, 0) is 56.8 Å². The molecular formula is C23H25N5O. The largest absolute Gasteiger partial charge is 0.361 e. The number of aromatic nitrogens is 4. The van der Waals surface area contributed by atoms with Gasteiger partial charge in [0.05, 0.1) is 17.0 Å². The normalized spacial score (nSPS) is 17.4. The van der Waals surface area contributed by atoms with Crippen LogP contribution in [0.1, 0.15) is 29.1 Å². The predicted octanol–water partition coefficient (Wildman–Crippen LogP) is 4.29. The Morgan fingerprint density at radius 2 is 2.10 bits per heavy atom. The number of likely N-dealkylation sites (tertiary alicyclic amines) is 1. The van der Waals surface area contributed by atoms with Crippen molar-refractivity contribution < 1.29 is 4.52 Å². The maximum Gasteiger partial charge on any atom is 0.143 e. The molecule has 4 aromatic rings. The van der Waals surface area contributed by atoms with Crippen LogP contribution < -0.4 is 0 Å². The molecule has 5 rings (SSSR count). The molecule has 6 heteroatoms. The summed E-state index contributed by atoms with van der Waals surface area (Å²) in [5.41, 5.74) is 6.45. The van der Waals surface area contributed by atoms with Crippen LogP contribution in [0.2, 0.25) is 0 Å². The molecule has 0 aliphatic carbocycles. The summed E-state index contributed by atoms with van der Waals surface area (Å²) in [7, 11) is 0. The molecule has 0 bridgehead atoms. The third-order valence-electron chi connectivity index (χ3n) is 5.95. The van der Waals surface area contributed by atoms with E-state index in [0.717, 1.165) is 54.5 Å². The van der Waals surface area contributed by atoms with E-state index in [9.17, 15) is 0 Å². The lowest BCUT2D eigenvalue weighted by Crippen LogP contribution is -2.20. The van der Waals surface area contributed by atoms with E-state index in [1.165, 1.54) is 22.9 Å². The topological polar surface area (TPSA) is 70.8 Å². The molecule has 0 radical (unpaired) electrons. The number of H-pyrrole nitrogens is 1. The van der Waals surface area contributed by atoms with Gasteiger partial charge in [0.15, 0.2) is 0 Å². The lowest BCUT2D eigenvalue weighted by atomic mass is 10.0. The third-order valence-corrected chi connectivity index (χ3v) is 5.95. The zero-order chi connectivity index (χ0) is 19.8. The minimum Gasteiger partial charge on any atom is -0.361 e. The maximum atomic E-state index is 5.30. The van der Waals surface area contributed by atoms with Crippen molar-refractivity contribution in [2.75, 3.05) is 13.1 Å². The number of hydrogen-bond acceptors (Lipinski definition) is 5. The molecule has 0 amide bonds. The van der Waals surface area contributed by atoms with Gasteiger partial charge in [-0.15, -0.1) is 0 Å². The van der Waals surface area contributed by atoms with Crippen molar-refractivity contribution in [2.24, 2.45) is 5.92 Å². The minimum atomic E-state index is 0.618. The van der Waals surface area contributed by atoms with Crippen molar-refractivity contribution in [1.29, 1.82) is 0 Å². The first-order chi connectivity index (χ1) is 14.2. The zero-order valence-corrected chi connectivity index (χ0v) is 16.9. The Bertz CT molecular complexity index is 1130. The Balaban J connectivity index is 1.26. The van der Waals surface area contributed by atoms with Crippen LogP contribution in [0, 0.1) is 19.8 Å². The average Bonchev–Trinajstić information content (AvgIpc) is 3.43. The highest BCUT2D eigenvalue weighted by atomic mass is 16.5. The molecule has 148 valence electrons. The number of para-hydroxylation sites is 1. The number of aromatic amines is 1. The van der Waals surface area contributed by atoms with Gasteiger partial charge in [-0.25, -0.2) is 9.97 Å². The van der Waals surface area contributed by atoms with Crippen LogP contribution in [0.3, 0.4) is 0 Å². The van der Waals surface area contributed by atoms with E-state index in [0.29, 0.717) is 5.92 Å². The lowest BCUT2D eigenvalue weighted by Gasteiger charge is -2.15. The van der Waals surface area contributed by atoms with E-state index in [4.69, 9.17) is 4.52 Å². The standard InChI is InChI=1S/C23H25N5O/c1-15-23(16(2)29-27-15)22-10-19(25-14-26-22)9-17-7-8-28(12-17)13-18-11-24-21-6-4-3-5-20(18)21/h3-6,10-11,14,17,24H,7-9,12-13H2,1-2H3/t17-/m1/s1. The van der Waals surface area contributed by atoms with Gasteiger partial charge < -0.3 is 9.51 Å². The second-order valence-electron chi connectivity index (χ2n) is 8.05. The Morgan fingerprint density at radius 1 is 1.21 bits per heavy atom. The van der Waals surface area contributed by atoms with Crippen molar-refractivity contribution in [2.45, 2.75) is 33.2 Å². The molecule has 1 aliphatic heterocycles. The Hall–Kier alpha value is -2.99. The fraction of sp³-hybridized carbons (Fsp3) is 0.348. The molecule has 1 atom stereocenters. The van der Waals surface area contributed by atoms with E-state index in [1.807, 2.05) is 13.8 Å².